The summed E-state index contributed by atoms with van der Waals surface area (Å²) in [6.45, 7) is 1.18. The van der Waals surface area contributed by atoms with Crippen molar-refractivity contribution in [3.05, 3.63) is 81.1 Å². The highest BCUT2D eigenvalue weighted by Gasteiger charge is 2.13. The van der Waals surface area contributed by atoms with E-state index in [1.807, 2.05) is 30.5 Å². The SMILES string of the molecule is CSc1ncccc1C(=O)NCCn1ncc2c(=O)n(Cc3ccc(Br)cc3)cnc21. The van der Waals surface area contributed by atoms with Gasteiger partial charge in [0.05, 0.1) is 24.8 Å². The van der Waals surface area contributed by atoms with Crippen LogP contribution in [0.25, 0.3) is 11.0 Å². The second kappa shape index (κ2) is 9.44. The fourth-order valence-corrected chi connectivity index (χ4v) is 3.97. The predicted octanol–water partition coefficient (Wildman–Crippen LogP) is 2.95. The Morgan fingerprint density at radius 3 is 2.77 bits per heavy atom. The summed E-state index contributed by atoms with van der Waals surface area (Å²) >= 11 is 4.83. The second-order valence-electron chi connectivity index (χ2n) is 6.73. The van der Waals surface area contributed by atoms with Crippen molar-refractivity contribution in [1.82, 2.24) is 29.6 Å². The van der Waals surface area contributed by atoms with Gasteiger partial charge in [0.1, 0.15) is 16.7 Å². The van der Waals surface area contributed by atoms with Gasteiger partial charge in [-0.25, -0.2) is 14.6 Å². The zero-order chi connectivity index (χ0) is 21.8. The van der Waals surface area contributed by atoms with Crippen LogP contribution in [0.1, 0.15) is 15.9 Å². The molecule has 0 spiro atoms. The summed E-state index contributed by atoms with van der Waals surface area (Å²) in [6.07, 6.45) is 6.60. The molecular formula is C21H19BrN6O2S. The molecule has 4 aromatic rings. The highest BCUT2D eigenvalue weighted by Crippen LogP contribution is 2.16. The number of aromatic nitrogens is 5. The van der Waals surface area contributed by atoms with Crippen molar-refractivity contribution in [3.63, 3.8) is 0 Å². The molecule has 0 aliphatic heterocycles. The summed E-state index contributed by atoms with van der Waals surface area (Å²) in [7, 11) is 0. The summed E-state index contributed by atoms with van der Waals surface area (Å²) in [4.78, 5) is 33.9. The van der Waals surface area contributed by atoms with E-state index in [4.69, 9.17) is 0 Å². The molecule has 1 aromatic carbocycles. The van der Waals surface area contributed by atoms with Gasteiger partial charge in [0.2, 0.25) is 0 Å². The third-order valence-corrected chi connectivity index (χ3v) is 5.95. The standard InChI is InChI=1S/C21H19BrN6O2S/c1-31-20-16(3-2-8-24-20)19(29)23-9-10-28-18-17(11-26-28)21(30)27(13-25-18)12-14-4-6-15(22)7-5-14/h2-8,11,13H,9-10,12H2,1H3,(H,23,29). The summed E-state index contributed by atoms with van der Waals surface area (Å²) < 4.78 is 4.17. The molecule has 3 aromatic heterocycles. The number of nitrogens with zero attached hydrogens (tertiary/aromatic N) is 5. The fourth-order valence-electron chi connectivity index (χ4n) is 3.16. The Balaban J connectivity index is 1.45. The number of rotatable bonds is 7. The van der Waals surface area contributed by atoms with E-state index < -0.39 is 0 Å². The molecule has 0 bridgehead atoms. The van der Waals surface area contributed by atoms with E-state index in [1.165, 1.54) is 24.3 Å². The van der Waals surface area contributed by atoms with Crippen LogP contribution in [0.3, 0.4) is 0 Å². The number of halogens is 1. The minimum absolute atomic E-state index is 0.150. The molecule has 1 amide bonds. The molecule has 0 unspecified atom stereocenters. The van der Waals surface area contributed by atoms with E-state index in [2.05, 4.69) is 36.3 Å². The molecule has 0 radical (unpaired) electrons. The van der Waals surface area contributed by atoms with E-state index in [9.17, 15) is 9.59 Å². The molecule has 0 aliphatic rings. The van der Waals surface area contributed by atoms with Crippen LogP contribution < -0.4 is 10.9 Å². The zero-order valence-corrected chi connectivity index (χ0v) is 19.1. The van der Waals surface area contributed by atoms with Crippen molar-refractivity contribution in [1.29, 1.82) is 0 Å². The summed E-state index contributed by atoms with van der Waals surface area (Å²) in [5.41, 5.74) is 1.89. The Kier molecular flexibility index (Phi) is 6.47. The molecule has 0 fully saturated rings. The fraction of sp³-hybridized carbons (Fsp3) is 0.190. The van der Waals surface area contributed by atoms with Crippen LogP contribution in [0.2, 0.25) is 0 Å². The number of fused-ring (bicyclic) bond motifs is 1. The Labute approximate surface area is 190 Å². The number of nitrogens with one attached hydrogen (secondary N) is 1. The maximum Gasteiger partial charge on any atom is 0.264 e. The number of amides is 1. The normalized spacial score (nSPS) is 11.0. The van der Waals surface area contributed by atoms with Gasteiger partial charge in [-0.1, -0.05) is 28.1 Å². The van der Waals surface area contributed by atoms with E-state index in [0.717, 1.165) is 10.0 Å². The quantitative estimate of drug-likeness (QED) is 0.393. The van der Waals surface area contributed by atoms with Gasteiger partial charge in [-0.15, -0.1) is 11.8 Å². The second-order valence-corrected chi connectivity index (χ2v) is 8.44. The molecule has 0 saturated heterocycles. The summed E-state index contributed by atoms with van der Waals surface area (Å²) in [5, 5.41) is 8.28. The number of hydrogen-bond donors (Lipinski definition) is 1. The first kappa shape index (κ1) is 21.3. The predicted molar refractivity (Wildman–Crippen MR) is 123 cm³/mol. The Morgan fingerprint density at radius 1 is 1.19 bits per heavy atom. The molecule has 4 rings (SSSR count). The Hall–Kier alpha value is -2.98. The number of benzene rings is 1. The highest BCUT2D eigenvalue weighted by molar-refractivity contribution is 9.10. The first-order chi connectivity index (χ1) is 15.1. The third-order valence-electron chi connectivity index (χ3n) is 4.71. The monoisotopic (exact) mass is 498 g/mol. The van der Waals surface area contributed by atoms with Gasteiger partial charge in [-0.2, -0.15) is 5.10 Å². The first-order valence-electron chi connectivity index (χ1n) is 9.49. The number of pyridine rings is 1. The van der Waals surface area contributed by atoms with Crippen molar-refractivity contribution < 1.29 is 4.79 Å². The molecule has 3 heterocycles. The van der Waals surface area contributed by atoms with Gasteiger partial charge in [0.15, 0.2) is 5.65 Å². The average molecular weight is 499 g/mol. The van der Waals surface area contributed by atoms with Crippen LogP contribution in [0.5, 0.6) is 0 Å². The first-order valence-corrected chi connectivity index (χ1v) is 11.5. The molecule has 31 heavy (non-hydrogen) atoms. The van der Waals surface area contributed by atoms with Crippen molar-refractivity contribution in [2.45, 2.75) is 18.1 Å². The van der Waals surface area contributed by atoms with E-state index in [0.29, 0.717) is 41.3 Å². The molecule has 0 atom stereocenters. The van der Waals surface area contributed by atoms with Crippen LogP contribution in [-0.4, -0.2) is 43.0 Å². The van der Waals surface area contributed by atoms with Gasteiger partial charge in [0, 0.05) is 17.2 Å². The highest BCUT2D eigenvalue weighted by atomic mass is 79.9. The van der Waals surface area contributed by atoms with Crippen LogP contribution in [-0.2, 0) is 13.1 Å². The molecule has 0 saturated carbocycles. The third kappa shape index (κ3) is 4.70. The molecule has 8 nitrogen and oxygen atoms in total. The van der Waals surface area contributed by atoms with Crippen LogP contribution in [0.4, 0.5) is 0 Å². The minimum Gasteiger partial charge on any atom is -0.350 e. The summed E-state index contributed by atoms with van der Waals surface area (Å²) in [5.74, 6) is -0.196. The van der Waals surface area contributed by atoms with Gasteiger partial charge >= 0.3 is 0 Å². The number of carbonyl (C=O) groups excluding carboxylic acids is 1. The maximum atomic E-state index is 12.8. The van der Waals surface area contributed by atoms with Gasteiger partial charge in [-0.3, -0.25) is 14.2 Å². The topological polar surface area (TPSA) is 94.7 Å². The van der Waals surface area contributed by atoms with Gasteiger partial charge in [-0.05, 0) is 36.1 Å². The maximum absolute atomic E-state index is 12.8. The smallest absolute Gasteiger partial charge is 0.264 e. The average Bonchev–Trinajstić information content (AvgIpc) is 3.20. The molecule has 10 heteroatoms. The molecule has 1 N–H and O–H groups in total. The van der Waals surface area contributed by atoms with Gasteiger partial charge < -0.3 is 5.32 Å². The number of hydrogen-bond acceptors (Lipinski definition) is 6. The van der Waals surface area contributed by atoms with Crippen LogP contribution >= 0.6 is 27.7 Å². The molecular weight excluding hydrogens is 480 g/mol. The largest absolute Gasteiger partial charge is 0.350 e. The van der Waals surface area contributed by atoms with Gasteiger partial charge in [0.25, 0.3) is 11.5 Å². The lowest BCUT2D eigenvalue weighted by Gasteiger charge is -2.09. The van der Waals surface area contributed by atoms with Crippen LogP contribution in [0, 0.1) is 0 Å². The molecule has 158 valence electrons. The lowest BCUT2D eigenvalue weighted by atomic mass is 10.2. The van der Waals surface area contributed by atoms with Crippen molar-refractivity contribution in [2.75, 3.05) is 12.8 Å². The van der Waals surface area contributed by atoms with Crippen molar-refractivity contribution >= 4 is 44.6 Å². The summed E-state index contributed by atoms with van der Waals surface area (Å²) in [6, 6.07) is 11.3. The lowest BCUT2D eigenvalue weighted by molar-refractivity contribution is 0.0948. The molecule has 0 aliphatic carbocycles. The van der Waals surface area contributed by atoms with Crippen LogP contribution in [0.15, 0.2) is 69.4 Å². The Morgan fingerprint density at radius 2 is 2.00 bits per heavy atom. The van der Waals surface area contributed by atoms with E-state index >= 15 is 0 Å². The number of thioether (sulfide) groups is 1. The lowest BCUT2D eigenvalue weighted by Crippen LogP contribution is -2.28. The minimum atomic E-state index is -0.196. The van der Waals surface area contributed by atoms with E-state index in [-0.39, 0.29) is 11.5 Å². The number of carbonyl (C=O) groups is 1. The van der Waals surface area contributed by atoms with Crippen molar-refractivity contribution in [2.24, 2.45) is 0 Å². The van der Waals surface area contributed by atoms with Crippen molar-refractivity contribution in [3.8, 4) is 0 Å². The Bertz CT molecular complexity index is 1290. The zero-order valence-electron chi connectivity index (χ0n) is 16.7. The van der Waals surface area contributed by atoms with E-state index in [1.54, 1.807) is 27.6 Å².